The molecule has 3 aromatic rings. The number of halogens is 2. The third-order valence-corrected chi connectivity index (χ3v) is 5.53. The largest absolute Gasteiger partial charge is 0.471 e. The van der Waals surface area contributed by atoms with Crippen LogP contribution in [0.4, 0.5) is 10.1 Å². The molecule has 0 amide bonds. The number of hydrogen-bond donors (Lipinski definition) is 0. The van der Waals surface area contributed by atoms with Crippen LogP contribution in [0.1, 0.15) is 27.9 Å². The lowest BCUT2D eigenvalue weighted by Gasteiger charge is -2.22. The van der Waals surface area contributed by atoms with Crippen LogP contribution in [0.15, 0.2) is 60.8 Å². The zero-order valence-electron chi connectivity index (χ0n) is 16.6. The quantitative estimate of drug-likeness (QED) is 0.401. The van der Waals surface area contributed by atoms with Crippen LogP contribution in [0.3, 0.4) is 0 Å². The summed E-state index contributed by atoms with van der Waals surface area (Å²) in [5.74, 6) is -0.207. The Morgan fingerprint density at radius 2 is 1.97 bits per heavy atom. The highest BCUT2D eigenvalue weighted by Crippen LogP contribution is 2.30. The highest BCUT2D eigenvalue weighted by molar-refractivity contribution is 6.31. The maximum atomic E-state index is 13.2. The van der Waals surface area contributed by atoms with Crippen molar-refractivity contribution in [2.75, 3.05) is 18.0 Å². The first-order valence-electron chi connectivity index (χ1n) is 9.94. The van der Waals surface area contributed by atoms with E-state index >= 15 is 0 Å². The Kier molecular flexibility index (Phi) is 6.28. The number of pyridine rings is 1. The summed E-state index contributed by atoms with van der Waals surface area (Å²) < 4.78 is 19.1. The van der Waals surface area contributed by atoms with Gasteiger partial charge in [0.05, 0.1) is 6.54 Å². The normalized spacial score (nSPS) is 15.7. The van der Waals surface area contributed by atoms with Crippen molar-refractivity contribution < 1.29 is 18.7 Å². The van der Waals surface area contributed by atoms with E-state index in [1.807, 2.05) is 6.07 Å². The standard InChI is InChI=1S/C24H20ClFN2O3/c25-21-2-1-11-27-24(21)31-20-9-12-28(15-20)22-8-5-18(14-17(22)10-13-29)23(30)16-3-6-19(26)7-4-16/h1-8,11,13-14,20H,9-10,12,15H2. The number of carbonyl (C=O) groups excluding carboxylic acids is 2. The Morgan fingerprint density at radius 3 is 2.71 bits per heavy atom. The van der Waals surface area contributed by atoms with Gasteiger partial charge in [0.1, 0.15) is 23.2 Å². The number of aromatic nitrogens is 1. The van der Waals surface area contributed by atoms with Gasteiger partial charge >= 0.3 is 0 Å². The molecule has 1 atom stereocenters. The first kappa shape index (κ1) is 21.0. The van der Waals surface area contributed by atoms with E-state index in [-0.39, 0.29) is 18.3 Å². The van der Waals surface area contributed by atoms with Gasteiger partial charge in [-0.15, -0.1) is 0 Å². The van der Waals surface area contributed by atoms with E-state index in [0.717, 1.165) is 30.5 Å². The van der Waals surface area contributed by atoms with Gasteiger partial charge in [-0.3, -0.25) is 4.79 Å². The highest BCUT2D eigenvalue weighted by atomic mass is 35.5. The van der Waals surface area contributed by atoms with Gasteiger partial charge in [0.15, 0.2) is 5.78 Å². The first-order valence-corrected chi connectivity index (χ1v) is 10.3. The molecule has 31 heavy (non-hydrogen) atoms. The van der Waals surface area contributed by atoms with Gasteiger partial charge < -0.3 is 14.4 Å². The SMILES string of the molecule is O=CCc1cc(C(=O)c2ccc(F)cc2)ccc1N1CCC(Oc2ncccc2Cl)C1. The minimum absolute atomic E-state index is 0.0861. The summed E-state index contributed by atoms with van der Waals surface area (Å²) >= 11 is 6.14. The lowest BCUT2D eigenvalue weighted by Crippen LogP contribution is -2.26. The van der Waals surface area contributed by atoms with E-state index in [9.17, 15) is 14.0 Å². The van der Waals surface area contributed by atoms with Gasteiger partial charge in [-0.1, -0.05) is 11.6 Å². The average Bonchev–Trinajstić information content (AvgIpc) is 3.24. The summed E-state index contributed by atoms with van der Waals surface area (Å²) in [6.45, 7) is 1.36. The van der Waals surface area contributed by atoms with Crippen molar-refractivity contribution in [3.8, 4) is 5.88 Å². The number of ketones is 1. The Morgan fingerprint density at radius 1 is 1.19 bits per heavy atom. The molecule has 1 aliphatic rings. The first-order chi connectivity index (χ1) is 15.0. The molecular weight excluding hydrogens is 419 g/mol. The molecule has 1 saturated heterocycles. The van der Waals surface area contributed by atoms with Gasteiger partial charge in [-0.05, 0) is 60.2 Å². The molecule has 5 nitrogen and oxygen atoms in total. The zero-order valence-corrected chi connectivity index (χ0v) is 17.4. The van der Waals surface area contributed by atoms with E-state index in [1.54, 1.807) is 30.5 Å². The van der Waals surface area contributed by atoms with Gasteiger partial charge in [0, 0.05) is 42.4 Å². The number of ether oxygens (including phenoxy) is 1. The third-order valence-electron chi connectivity index (χ3n) is 5.24. The second-order valence-electron chi connectivity index (χ2n) is 7.32. The summed E-state index contributed by atoms with van der Waals surface area (Å²) in [6, 6.07) is 14.2. The molecule has 4 rings (SSSR count). The number of rotatable bonds is 7. The lowest BCUT2D eigenvalue weighted by molar-refractivity contribution is -0.107. The summed E-state index contributed by atoms with van der Waals surface area (Å²) in [7, 11) is 0. The fourth-order valence-electron chi connectivity index (χ4n) is 3.72. The smallest absolute Gasteiger partial charge is 0.232 e. The van der Waals surface area contributed by atoms with Gasteiger partial charge in [0.2, 0.25) is 5.88 Å². The number of nitrogens with zero attached hydrogens (tertiary/aromatic N) is 2. The van der Waals surface area contributed by atoms with Crippen LogP contribution in [0.2, 0.25) is 5.02 Å². The Bertz CT molecular complexity index is 1100. The Hall–Kier alpha value is -3.25. The van der Waals surface area contributed by atoms with Gasteiger partial charge in [-0.25, -0.2) is 9.37 Å². The maximum Gasteiger partial charge on any atom is 0.232 e. The molecule has 1 unspecified atom stereocenters. The molecule has 7 heteroatoms. The van der Waals surface area contributed by atoms with Crippen LogP contribution >= 0.6 is 11.6 Å². The molecular formula is C24H20ClFN2O3. The van der Waals surface area contributed by atoms with Gasteiger partial charge in [0.25, 0.3) is 0 Å². The number of carbonyl (C=O) groups is 2. The van der Waals surface area contributed by atoms with Crippen LogP contribution in [0.5, 0.6) is 5.88 Å². The highest BCUT2D eigenvalue weighted by Gasteiger charge is 2.27. The monoisotopic (exact) mass is 438 g/mol. The predicted octanol–water partition coefficient (Wildman–Crippen LogP) is 4.50. The molecule has 0 N–H and O–H groups in total. The van der Waals surface area contributed by atoms with Crippen LogP contribution in [0.25, 0.3) is 0 Å². The minimum atomic E-state index is -0.397. The molecule has 1 fully saturated rings. The van der Waals surface area contributed by atoms with Gasteiger partial charge in [-0.2, -0.15) is 0 Å². The van der Waals surface area contributed by atoms with E-state index in [2.05, 4.69) is 9.88 Å². The van der Waals surface area contributed by atoms with Crippen LogP contribution in [-0.2, 0) is 11.2 Å². The van der Waals surface area contributed by atoms with E-state index in [0.29, 0.717) is 28.6 Å². The predicted molar refractivity (Wildman–Crippen MR) is 117 cm³/mol. The Balaban J connectivity index is 1.53. The zero-order chi connectivity index (χ0) is 21.8. The molecule has 2 heterocycles. The molecule has 158 valence electrons. The van der Waals surface area contributed by atoms with Crippen molar-refractivity contribution in [3.63, 3.8) is 0 Å². The maximum absolute atomic E-state index is 13.2. The van der Waals surface area contributed by atoms with Crippen LogP contribution in [-0.4, -0.2) is 36.2 Å². The van der Waals surface area contributed by atoms with Crippen molar-refractivity contribution in [3.05, 3.63) is 88.3 Å². The van der Waals surface area contributed by atoms with Crippen molar-refractivity contribution in [2.45, 2.75) is 18.9 Å². The lowest BCUT2D eigenvalue weighted by atomic mass is 9.99. The Labute approximate surface area is 184 Å². The van der Waals surface area contributed by atoms with E-state index in [1.165, 1.54) is 24.3 Å². The fourth-order valence-corrected chi connectivity index (χ4v) is 3.88. The summed E-state index contributed by atoms with van der Waals surface area (Å²) in [5, 5.41) is 0.464. The number of benzene rings is 2. The van der Waals surface area contributed by atoms with E-state index in [4.69, 9.17) is 16.3 Å². The topological polar surface area (TPSA) is 59.5 Å². The fraction of sp³-hybridized carbons (Fsp3) is 0.208. The van der Waals surface area contributed by atoms with Crippen molar-refractivity contribution >= 4 is 29.4 Å². The third kappa shape index (κ3) is 4.75. The van der Waals surface area contributed by atoms with Crippen molar-refractivity contribution in [2.24, 2.45) is 0 Å². The minimum Gasteiger partial charge on any atom is -0.471 e. The summed E-state index contributed by atoms with van der Waals surface area (Å²) in [5.41, 5.74) is 2.51. The molecule has 0 radical (unpaired) electrons. The molecule has 0 bridgehead atoms. The molecule has 0 aliphatic carbocycles. The van der Waals surface area contributed by atoms with Crippen LogP contribution in [0, 0.1) is 5.82 Å². The van der Waals surface area contributed by atoms with Crippen LogP contribution < -0.4 is 9.64 Å². The molecule has 0 spiro atoms. The summed E-state index contributed by atoms with van der Waals surface area (Å²) in [4.78, 5) is 30.4. The molecule has 1 aromatic heterocycles. The number of anilines is 1. The summed E-state index contributed by atoms with van der Waals surface area (Å²) in [6.07, 6.45) is 3.34. The molecule has 2 aromatic carbocycles. The van der Waals surface area contributed by atoms with Crippen molar-refractivity contribution in [1.29, 1.82) is 0 Å². The average molecular weight is 439 g/mol. The second-order valence-corrected chi connectivity index (χ2v) is 7.72. The molecule has 1 aliphatic heterocycles. The van der Waals surface area contributed by atoms with E-state index < -0.39 is 5.82 Å². The number of aldehydes is 1. The van der Waals surface area contributed by atoms with Crippen molar-refractivity contribution in [1.82, 2.24) is 4.98 Å². The molecule has 0 saturated carbocycles. The number of hydrogen-bond acceptors (Lipinski definition) is 5. The second kappa shape index (κ2) is 9.27.